The number of rotatable bonds is 5. The number of aromatic nitrogens is 1. The highest BCUT2D eigenvalue weighted by Crippen LogP contribution is 2.24. The van der Waals surface area contributed by atoms with E-state index in [-0.39, 0.29) is 0 Å². The van der Waals surface area contributed by atoms with Crippen molar-refractivity contribution >= 4 is 5.82 Å². The van der Waals surface area contributed by atoms with E-state index in [9.17, 15) is 0 Å². The Bertz CT molecular complexity index is 383. The molecule has 0 saturated heterocycles. The van der Waals surface area contributed by atoms with Crippen molar-refractivity contribution in [3.63, 3.8) is 0 Å². The zero-order valence-electron chi connectivity index (χ0n) is 11.7. The normalized spacial score (nSPS) is 18.9. The number of nitrogens with two attached hydrogens (primary N) is 1. The van der Waals surface area contributed by atoms with Crippen molar-refractivity contribution in [2.75, 3.05) is 18.8 Å². The van der Waals surface area contributed by atoms with Crippen molar-refractivity contribution in [3.05, 3.63) is 23.4 Å². The molecule has 1 aromatic rings. The molecule has 1 aliphatic rings. The van der Waals surface area contributed by atoms with Gasteiger partial charge in [0, 0.05) is 11.7 Å². The van der Waals surface area contributed by atoms with E-state index < -0.39 is 0 Å². The first-order chi connectivity index (χ1) is 8.74. The Kier molecular flexibility index (Phi) is 4.59. The number of hydrogen-bond donors (Lipinski definition) is 1. The third kappa shape index (κ3) is 3.02. The molecular formula is C15H25N3. The van der Waals surface area contributed by atoms with Gasteiger partial charge in [-0.3, -0.25) is 0 Å². The first kappa shape index (κ1) is 13.3. The zero-order valence-corrected chi connectivity index (χ0v) is 11.7. The van der Waals surface area contributed by atoms with Crippen molar-refractivity contribution < 1.29 is 0 Å². The molecule has 0 spiro atoms. The largest absolute Gasteiger partial charge is 0.384 e. The van der Waals surface area contributed by atoms with Crippen LogP contribution in [-0.2, 0) is 12.8 Å². The number of nitrogens with zero attached hydrogens (tertiary/aromatic N) is 2. The molecule has 0 saturated carbocycles. The third-order valence-electron chi connectivity index (χ3n) is 3.80. The minimum absolute atomic E-state index is 0.658. The Morgan fingerprint density at radius 1 is 1.28 bits per heavy atom. The van der Waals surface area contributed by atoms with Gasteiger partial charge >= 0.3 is 0 Å². The monoisotopic (exact) mass is 247 g/mol. The molecule has 1 aliphatic carbocycles. The molecule has 3 nitrogen and oxygen atoms in total. The second-order valence-electron chi connectivity index (χ2n) is 5.27. The van der Waals surface area contributed by atoms with Gasteiger partial charge in [-0.25, -0.2) is 4.98 Å². The van der Waals surface area contributed by atoms with Crippen LogP contribution >= 0.6 is 0 Å². The highest BCUT2D eigenvalue weighted by atomic mass is 15.1. The van der Waals surface area contributed by atoms with Crippen LogP contribution in [0.2, 0.25) is 0 Å². The van der Waals surface area contributed by atoms with E-state index in [1.54, 1.807) is 0 Å². The Hall–Kier alpha value is -1.09. The van der Waals surface area contributed by atoms with Crippen LogP contribution in [0.3, 0.4) is 0 Å². The number of pyridine rings is 1. The molecule has 0 amide bonds. The van der Waals surface area contributed by atoms with Crippen LogP contribution in [0, 0.1) is 0 Å². The van der Waals surface area contributed by atoms with E-state index in [0.717, 1.165) is 12.8 Å². The fourth-order valence-electron chi connectivity index (χ4n) is 2.97. The zero-order chi connectivity index (χ0) is 13.0. The summed E-state index contributed by atoms with van der Waals surface area (Å²) in [5.74, 6) is 0.658. The molecule has 0 fully saturated rings. The van der Waals surface area contributed by atoms with Crippen molar-refractivity contribution in [2.24, 2.45) is 0 Å². The number of anilines is 1. The summed E-state index contributed by atoms with van der Waals surface area (Å²) in [6, 6.07) is 4.80. The SMILES string of the molecule is CCCN(CCC)C1CCc2nc(N)ccc2C1. The predicted molar refractivity (Wildman–Crippen MR) is 76.6 cm³/mol. The standard InChI is InChI=1S/C15H25N3/c1-3-9-18(10-4-2)13-6-7-14-12(11-13)5-8-15(16)17-14/h5,8,13H,3-4,6-7,9-11H2,1-2H3,(H2,16,17). The van der Waals surface area contributed by atoms with Gasteiger partial charge in [0.25, 0.3) is 0 Å². The van der Waals surface area contributed by atoms with E-state index in [1.807, 2.05) is 6.07 Å². The van der Waals surface area contributed by atoms with Crippen LogP contribution in [0.5, 0.6) is 0 Å². The number of hydrogen-bond acceptors (Lipinski definition) is 3. The summed E-state index contributed by atoms with van der Waals surface area (Å²) < 4.78 is 0. The molecule has 1 unspecified atom stereocenters. The van der Waals surface area contributed by atoms with Gasteiger partial charge in [-0.2, -0.15) is 0 Å². The van der Waals surface area contributed by atoms with Gasteiger partial charge in [0.2, 0.25) is 0 Å². The summed E-state index contributed by atoms with van der Waals surface area (Å²) in [6.45, 7) is 6.97. The lowest BCUT2D eigenvalue weighted by molar-refractivity contribution is 0.179. The van der Waals surface area contributed by atoms with Crippen molar-refractivity contribution in [2.45, 2.75) is 52.0 Å². The summed E-state index contributed by atoms with van der Waals surface area (Å²) >= 11 is 0. The molecule has 0 radical (unpaired) electrons. The maximum Gasteiger partial charge on any atom is 0.123 e. The van der Waals surface area contributed by atoms with Gasteiger partial charge in [-0.1, -0.05) is 19.9 Å². The molecule has 0 bridgehead atoms. The van der Waals surface area contributed by atoms with Crippen molar-refractivity contribution in [3.8, 4) is 0 Å². The van der Waals surface area contributed by atoms with Gasteiger partial charge in [-0.05, 0) is 56.8 Å². The maximum atomic E-state index is 5.75. The fraction of sp³-hybridized carbons (Fsp3) is 0.667. The lowest BCUT2D eigenvalue weighted by Gasteiger charge is -2.34. The molecular weight excluding hydrogens is 222 g/mol. The Morgan fingerprint density at radius 3 is 2.67 bits per heavy atom. The average molecular weight is 247 g/mol. The van der Waals surface area contributed by atoms with E-state index in [2.05, 4.69) is 29.8 Å². The Labute approximate surface area is 110 Å². The third-order valence-corrected chi connectivity index (χ3v) is 3.80. The quantitative estimate of drug-likeness (QED) is 0.869. The van der Waals surface area contributed by atoms with Crippen LogP contribution < -0.4 is 5.73 Å². The van der Waals surface area contributed by atoms with Gasteiger partial charge in [0.15, 0.2) is 0 Å². The van der Waals surface area contributed by atoms with Crippen LogP contribution in [0.15, 0.2) is 12.1 Å². The molecule has 1 heterocycles. The average Bonchev–Trinajstić information content (AvgIpc) is 2.38. The van der Waals surface area contributed by atoms with E-state index >= 15 is 0 Å². The Balaban J connectivity index is 2.07. The van der Waals surface area contributed by atoms with Crippen molar-refractivity contribution in [1.29, 1.82) is 0 Å². The summed E-state index contributed by atoms with van der Waals surface area (Å²) in [7, 11) is 0. The lowest BCUT2D eigenvalue weighted by atomic mass is 9.90. The van der Waals surface area contributed by atoms with Crippen LogP contribution in [0.4, 0.5) is 5.82 Å². The molecule has 3 heteroatoms. The van der Waals surface area contributed by atoms with E-state index in [4.69, 9.17) is 5.73 Å². The van der Waals surface area contributed by atoms with E-state index in [0.29, 0.717) is 11.9 Å². The maximum absolute atomic E-state index is 5.75. The summed E-state index contributed by atoms with van der Waals surface area (Å²) in [5.41, 5.74) is 8.37. The molecule has 100 valence electrons. The molecule has 1 aromatic heterocycles. The van der Waals surface area contributed by atoms with Crippen molar-refractivity contribution in [1.82, 2.24) is 9.88 Å². The minimum Gasteiger partial charge on any atom is -0.384 e. The molecule has 0 aliphatic heterocycles. The van der Waals surface area contributed by atoms with E-state index in [1.165, 1.54) is 43.6 Å². The first-order valence-corrected chi connectivity index (χ1v) is 7.23. The molecule has 2 rings (SSSR count). The highest BCUT2D eigenvalue weighted by molar-refractivity contribution is 5.35. The summed E-state index contributed by atoms with van der Waals surface area (Å²) in [6.07, 6.45) is 5.92. The van der Waals surface area contributed by atoms with Gasteiger partial charge in [-0.15, -0.1) is 0 Å². The predicted octanol–water partition coefficient (Wildman–Crippen LogP) is 2.64. The van der Waals surface area contributed by atoms with Gasteiger partial charge in [0.05, 0.1) is 0 Å². The highest BCUT2D eigenvalue weighted by Gasteiger charge is 2.24. The van der Waals surface area contributed by atoms with Crippen LogP contribution in [0.1, 0.15) is 44.4 Å². The topological polar surface area (TPSA) is 42.2 Å². The second kappa shape index (κ2) is 6.19. The summed E-state index contributed by atoms with van der Waals surface area (Å²) in [5, 5.41) is 0. The second-order valence-corrected chi connectivity index (χ2v) is 5.27. The Morgan fingerprint density at radius 2 is 2.00 bits per heavy atom. The number of aryl methyl sites for hydroxylation is 1. The van der Waals surface area contributed by atoms with Gasteiger partial charge in [0.1, 0.15) is 5.82 Å². The van der Waals surface area contributed by atoms with Crippen LogP contribution in [-0.4, -0.2) is 29.0 Å². The summed E-state index contributed by atoms with van der Waals surface area (Å²) in [4.78, 5) is 7.11. The lowest BCUT2D eigenvalue weighted by Crippen LogP contribution is -2.40. The molecule has 1 atom stereocenters. The number of fused-ring (bicyclic) bond motifs is 1. The molecule has 2 N–H and O–H groups in total. The number of nitrogen functional groups attached to an aromatic ring is 1. The molecule has 18 heavy (non-hydrogen) atoms. The van der Waals surface area contributed by atoms with Gasteiger partial charge < -0.3 is 10.6 Å². The molecule has 0 aromatic carbocycles. The smallest absolute Gasteiger partial charge is 0.123 e. The van der Waals surface area contributed by atoms with Crippen LogP contribution in [0.25, 0.3) is 0 Å². The minimum atomic E-state index is 0.658. The first-order valence-electron chi connectivity index (χ1n) is 7.23. The fourth-order valence-corrected chi connectivity index (χ4v) is 2.97.